The van der Waals surface area contributed by atoms with Gasteiger partial charge >= 0.3 is 0 Å². The molecule has 1 aromatic carbocycles. The third kappa shape index (κ3) is 4.28. The van der Waals surface area contributed by atoms with Crippen molar-refractivity contribution in [1.29, 1.82) is 0 Å². The molecule has 3 heterocycles. The molecule has 0 spiro atoms. The van der Waals surface area contributed by atoms with E-state index in [9.17, 15) is 17.2 Å². The molecule has 0 amide bonds. The molecule has 3 aromatic rings. The number of likely N-dealkylation sites (tertiary alicyclic amines) is 1. The lowest BCUT2D eigenvalue weighted by molar-refractivity contribution is 0.138. The fourth-order valence-corrected chi connectivity index (χ4v) is 5.24. The molecule has 2 N–H and O–H groups in total. The lowest BCUT2D eigenvalue weighted by Gasteiger charge is -2.35. The highest BCUT2D eigenvalue weighted by atomic mass is 32.2. The number of anilines is 1. The second-order valence-electron chi connectivity index (χ2n) is 6.74. The molecule has 0 unspecified atom stereocenters. The molecule has 0 bridgehead atoms. The Bertz CT molecular complexity index is 1070. The minimum Gasteiger partial charge on any atom is -0.292 e. The predicted octanol–water partition coefficient (Wildman–Crippen LogP) is 3.07. The summed E-state index contributed by atoms with van der Waals surface area (Å²) in [6.07, 6.45) is 7.58. The summed E-state index contributed by atoms with van der Waals surface area (Å²) in [4.78, 5) is 4.98. The number of aromatic nitrogens is 4. The maximum Gasteiger partial charge on any atom is 0.266 e. The van der Waals surface area contributed by atoms with E-state index in [0.29, 0.717) is 6.07 Å². The smallest absolute Gasteiger partial charge is 0.266 e. The van der Waals surface area contributed by atoms with E-state index in [4.69, 9.17) is 0 Å². The van der Waals surface area contributed by atoms with E-state index < -0.39 is 26.6 Å². The normalized spacial score (nSPS) is 18.1. The largest absolute Gasteiger partial charge is 0.292 e. The van der Waals surface area contributed by atoms with Crippen LogP contribution in [0.4, 0.5) is 13.9 Å². The zero-order chi connectivity index (χ0) is 20.4. The van der Waals surface area contributed by atoms with Gasteiger partial charge in [-0.3, -0.25) is 14.7 Å². The quantitative estimate of drug-likeness (QED) is 0.611. The van der Waals surface area contributed by atoms with Gasteiger partial charge in [0.15, 0.2) is 0 Å². The maximum absolute atomic E-state index is 14.7. The summed E-state index contributed by atoms with van der Waals surface area (Å²) in [5, 5.41) is 6.73. The lowest BCUT2D eigenvalue weighted by atomic mass is 9.97. The summed E-state index contributed by atoms with van der Waals surface area (Å²) in [5.41, 5.74) is 1.10. The number of rotatable bonds is 6. The average molecular weight is 441 g/mol. The van der Waals surface area contributed by atoms with E-state index in [2.05, 4.69) is 29.2 Å². The topological polar surface area (TPSA) is 104 Å². The van der Waals surface area contributed by atoms with Gasteiger partial charge in [-0.15, -0.1) is 0 Å². The van der Waals surface area contributed by atoms with Gasteiger partial charge in [-0.2, -0.15) is 9.47 Å². The molecular formula is C17H18F2N6O2S2. The molecule has 8 nitrogen and oxygen atoms in total. The Labute approximate surface area is 170 Å². The fraction of sp³-hybridized carbons (Fsp3) is 0.353. The molecular weight excluding hydrogens is 422 g/mol. The summed E-state index contributed by atoms with van der Waals surface area (Å²) in [7, 11) is -4.32. The first-order valence-electron chi connectivity index (χ1n) is 8.94. The molecule has 0 radical (unpaired) electrons. The van der Waals surface area contributed by atoms with E-state index in [1.807, 2.05) is 0 Å². The van der Waals surface area contributed by atoms with Crippen LogP contribution >= 0.6 is 11.5 Å². The van der Waals surface area contributed by atoms with Gasteiger partial charge < -0.3 is 0 Å². The number of hydrogen-bond acceptors (Lipinski definition) is 7. The Morgan fingerprint density at radius 2 is 2.14 bits per heavy atom. The number of sulfonamides is 1. The second-order valence-corrected chi connectivity index (χ2v) is 9.17. The van der Waals surface area contributed by atoms with Gasteiger partial charge in [-0.25, -0.2) is 22.2 Å². The van der Waals surface area contributed by atoms with Gasteiger partial charge in [-0.1, -0.05) is 6.42 Å². The van der Waals surface area contributed by atoms with Crippen molar-refractivity contribution >= 4 is 26.7 Å². The Kier molecular flexibility index (Phi) is 5.56. The van der Waals surface area contributed by atoms with Crippen molar-refractivity contribution in [2.75, 3.05) is 11.3 Å². The van der Waals surface area contributed by atoms with Crippen LogP contribution < -0.4 is 4.72 Å². The molecule has 0 aliphatic carbocycles. The molecule has 2 aromatic heterocycles. The highest BCUT2D eigenvalue weighted by Gasteiger charge is 2.28. The third-order valence-corrected chi connectivity index (χ3v) is 6.93. The van der Waals surface area contributed by atoms with E-state index in [-0.39, 0.29) is 23.3 Å². The van der Waals surface area contributed by atoms with Gasteiger partial charge in [0.2, 0.25) is 5.13 Å². The van der Waals surface area contributed by atoms with Crippen LogP contribution in [-0.2, 0) is 16.6 Å². The number of nitrogens with zero attached hydrogens (tertiary/aromatic N) is 4. The summed E-state index contributed by atoms with van der Waals surface area (Å²) < 4.78 is 59.9. The lowest BCUT2D eigenvalue weighted by Crippen LogP contribution is -2.33. The molecule has 4 rings (SSSR count). The van der Waals surface area contributed by atoms with Crippen molar-refractivity contribution in [2.24, 2.45) is 0 Å². The Morgan fingerprint density at radius 3 is 2.86 bits per heavy atom. The Balaban J connectivity index is 1.58. The van der Waals surface area contributed by atoms with Gasteiger partial charge in [0.05, 0.1) is 6.20 Å². The van der Waals surface area contributed by atoms with Crippen LogP contribution in [0.1, 0.15) is 36.4 Å². The highest BCUT2D eigenvalue weighted by molar-refractivity contribution is 7.93. The minimum atomic E-state index is -4.32. The first kappa shape index (κ1) is 19.9. The first-order chi connectivity index (χ1) is 13.9. The van der Waals surface area contributed by atoms with Crippen molar-refractivity contribution in [3.05, 3.63) is 53.6 Å². The highest BCUT2D eigenvalue weighted by Crippen LogP contribution is 2.32. The van der Waals surface area contributed by atoms with Crippen LogP contribution in [0.2, 0.25) is 0 Å². The standard InChI is InChI=1S/C17H18F2N6O2S2/c18-13-6-16(29(26,27)24-17-20-10-23-28-17)14(19)5-11(13)9-25-4-2-1-3-15(25)12-7-21-22-8-12/h5-8,10,15H,1-4,9H2,(H,21,22)(H,20,23,24)/t15-/m1/s1. The zero-order valence-electron chi connectivity index (χ0n) is 15.2. The summed E-state index contributed by atoms with van der Waals surface area (Å²) in [6, 6.07) is 1.71. The van der Waals surface area contributed by atoms with Crippen molar-refractivity contribution in [3.8, 4) is 0 Å². The van der Waals surface area contributed by atoms with Crippen LogP contribution in [0.3, 0.4) is 0 Å². The van der Waals surface area contributed by atoms with Crippen LogP contribution in [0.25, 0.3) is 0 Å². The minimum absolute atomic E-state index is 0.0230. The van der Waals surface area contributed by atoms with Crippen LogP contribution in [0, 0.1) is 11.6 Å². The average Bonchev–Trinajstić information content (AvgIpc) is 3.38. The van der Waals surface area contributed by atoms with Gasteiger partial charge in [0.1, 0.15) is 22.9 Å². The molecule has 1 fully saturated rings. The number of H-pyrrole nitrogens is 1. The molecule has 1 aliphatic heterocycles. The van der Waals surface area contributed by atoms with Gasteiger partial charge in [0, 0.05) is 41.4 Å². The third-order valence-electron chi connectivity index (χ3n) is 4.86. The van der Waals surface area contributed by atoms with Gasteiger partial charge in [-0.05, 0) is 31.5 Å². The molecule has 0 saturated carbocycles. The van der Waals surface area contributed by atoms with Crippen molar-refractivity contribution in [2.45, 2.75) is 36.7 Å². The maximum atomic E-state index is 14.7. The number of benzene rings is 1. The second kappa shape index (κ2) is 8.13. The molecule has 12 heteroatoms. The molecule has 1 atom stereocenters. The molecule has 1 aliphatic rings. The number of hydrogen-bond donors (Lipinski definition) is 2. The van der Waals surface area contributed by atoms with Crippen molar-refractivity contribution < 1.29 is 17.2 Å². The number of piperidine rings is 1. The number of nitrogens with one attached hydrogen (secondary N) is 2. The SMILES string of the molecule is O=S(=O)(Nc1ncns1)c1cc(F)c(CN2CCCC[C@@H]2c2cn[nH]c2)cc1F. The summed E-state index contributed by atoms with van der Waals surface area (Å²) >= 11 is 0.798. The fourth-order valence-electron chi connectivity index (χ4n) is 3.50. The number of aromatic amines is 1. The van der Waals surface area contributed by atoms with Crippen LogP contribution in [-0.4, -0.2) is 39.4 Å². The summed E-state index contributed by atoms with van der Waals surface area (Å²) in [5.74, 6) is -1.80. The van der Waals surface area contributed by atoms with Gasteiger partial charge in [0.25, 0.3) is 10.0 Å². The van der Waals surface area contributed by atoms with E-state index in [1.54, 1.807) is 12.4 Å². The molecule has 29 heavy (non-hydrogen) atoms. The molecule has 1 saturated heterocycles. The van der Waals surface area contributed by atoms with Crippen molar-refractivity contribution in [3.63, 3.8) is 0 Å². The Hall–Kier alpha value is -2.44. The van der Waals surface area contributed by atoms with Crippen molar-refractivity contribution in [1.82, 2.24) is 24.5 Å². The van der Waals surface area contributed by atoms with E-state index in [1.165, 1.54) is 0 Å². The van der Waals surface area contributed by atoms with E-state index >= 15 is 0 Å². The zero-order valence-corrected chi connectivity index (χ0v) is 16.8. The monoisotopic (exact) mass is 440 g/mol. The summed E-state index contributed by atoms with van der Waals surface area (Å²) in [6.45, 7) is 0.901. The van der Waals surface area contributed by atoms with E-state index in [0.717, 1.165) is 55.3 Å². The Morgan fingerprint density at radius 1 is 1.28 bits per heavy atom. The predicted molar refractivity (Wildman–Crippen MR) is 103 cm³/mol. The number of halogens is 2. The first-order valence-corrected chi connectivity index (χ1v) is 11.2. The van der Waals surface area contributed by atoms with Crippen LogP contribution in [0.15, 0.2) is 35.7 Å². The molecule has 154 valence electrons. The van der Waals surface area contributed by atoms with Crippen LogP contribution in [0.5, 0.6) is 0 Å².